The van der Waals surface area contributed by atoms with E-state index in [9.17, 15) is 9.59 Å². The predicted molar refractivity (Wildman–Crippen MR) is 87.7 cm³/mol. The van der Waals surface area contributed by atoms with Crippen molar-refractivity contribution in [3.63, 3.8) is 0 Å². The Balaban J connectivity index is 1.87. The van der Waals surface area contributed by atoms with E-state index in [1.165, 1.54) is 0 Å². The average molecular weight is 315 g/mol. The van der Waals surface area contributed by atoms with Crippen molar-refractivity contribution in [1.82, 2.24) is 0 Å². The minimum atomic E-state index is -0.240. The fourth-order valence-corrected chi connectivity index (χ4v) is 3.00. The summed E-state index contributed by atoms with van der Waals surface area (Å²) in [7, 11) is 0. The molecular weight excluding hydrogens is 300 g/mol. The minimum Gasteiger partial charge on any atom is -0.326 e. The molecule has 2 amide bonds. The summed E-state index contributed by atoms with van der Waals surface area (Å²) < 4.78 is 0. The summed E-state index contributed by atoms with van der Waals surface area (Å²) in [6, 6.07) is 8.96. The number of aryl methyl sites for hydroxylation is 2. The SMILES string of the molecule is Cc1cc(C)c(NC(=O)c2ccc3c(c2)CC(=O)N3)c(Cl)c1. The number of benzene rings is 2. The van der Waals surface area contributed by atoms with E-state index >= 15 is 0 Å². The van der Waals surface area contributed by atoms with E-state index in [-0.39, 0.29) is 11.8 Å². The van der Waals surface area contributed by atoms with Crippen LogP contribution in [0.15, 0.2) is 30.3 Å². The summed E-state index contributed by atoms with van der Waals surface area (Å²) in [6.45, 7) is 3.86. The number of hydrogen-bond donors (Lipinski definition) is 2. The molecule has 1 aliphatic heterocycles. The highest BCUT2D eigenvalue weighted by molar-refractivity contribution is 6.34. The highest BCUT2D eigenvalue weighted by Crippen LogP contribution is 2.29. The highest BCUT2D eigenvalue weighted by atomic mass is 35.5. The van der Waals surface area contributed by atoms with E-state index in [2.05, 4.69) is 10.6 Å². The molecule has 0 fully saturated rings. The van der Waals surface area contributed by atoms with Gasteiger partial charge in [0.15, 0.2) is 0 Å². The zero-order chi connectivity index (χ0) is 15.9. The highest BCUT2D eigenvalue weighted by Gasteiger charge is 2.19. The van der Waals surface area contributed by atoms with Gasteiger partial charge in [0.25, 0.3) is 5.91 Å². The van der Waals surface area contributed by atoms with Gasteiger partial charge in [0, 0.05) is 11.3 Å². The molecule has 0 saturated heterocycles. The van der Waals surface area contributed by atoms with Gasteiger partial charge in [0.05, 0.1) is 17.1 Å². The van der Waals surface area contributed by atoms with Crippen LogP contribution in [-0.4, -0.2) is 11.8 Å². The van der Waals surface area contributed by atoms with Crippen molar-refractivity contribution in [2.45, 2.75) is 20.3 Å². The third-order valence-corrected chi connectivity index (χ3v) is 3.96. The molecule has 2 aromatic rings. The van der Waals surface area contributed by atoms with Gasteiger partial charge in [-0.15, -0.1) is 0 Å². The lowest BCUT2D eigenvalue weighted by Crippen LogP contribution is -2.13. The molecule has 4 nitrogen and oxygen atoms in total. The number of carbonyl (C=O) groups is 2. The van der Waals surface area contributed by atoms with Crippen molar-refractivity contribution >= 4 is 34.8 Å². The largest absolute Gasteiger partial charge is 0.326 e. The number of hydrogen-bond acceptors (Lipinski definition) is 2. The zero-order valence-electron chi connectivity index (χ0n) is 12.3. The van der Waals surface area contributed by atoms with Crippen molar-refractivity contribution in [2.75, 3.05) is 10.6 Å². The van der Waals surface area contributed by atoms with Gasteiger partial charge >= 0.3 is 0 Å². The Morgan fingerprint density at radius 3 is 2.73 bits per heavy atom. The van der Waals surface area contributed by atoms with E-state index in [1.54, 1.807) is 18.2 Å². The Morgan fingerprint density at radius 1 is 1.23 bits per heavy atom. The van der Waals surface area contributed by atoms with Crippen molar-refractivity contribution in [3.05, 3.63) is 57.6 Å². The molecule has 1 heterocycles. The summed E-state index contributed by atoms with van der Waals surface area (Å²) in [4.78, 5) is 23.8. The Kier molecular flexibility index (Phi) is 3.62. The summed E-state index contributed by atoms with van der Waals surface area (Å²) in [5.41, 5.74) is 4.69. The van der Waals surface area contributed by atoms with Crippen LogP contribution >= 0.6 is 11.6 Å². The first kappa shape index (κ1) is 14.6. The van der Waals surface area contributed by atoms with Crippen molar-refractivity contribution < 1.29 is 9.59 Å². The lowest BCUT2D eigenvalue weighted by atomic mass is 10.1. The Labute approximate surface area is 133 Å². The summed E-state index contributed by atoms with van der Waals surface area (Å²) >= 11 is 6.21. The Bertz CT molecular complexity index is 776. The standard InChI is InChI=1S/C17H15ClN2O2/c1-9-5-10(2)16(13(18)6-9)20-17(22)11-3-4-14-12(7-11)8-15(21)19-14/h3-7H,8H2,1-2H3,(H,19,21)(H,20,22). The molecule has 1 aliphatic rings. The summed E-state index contributed by atoms with van der Waals surface area (Å²) in [5, 5.41) is 6.11. The van der Waals surface area contributed by atoms with Gasteiger partial charge in [0.2, 0.25) is 5.91 Å². The lowest BCUT2D eigenvalue weighted by molar-refractivity contribution is -0.115. The van der Waals surface area contributed by atoms with Gasteiger partial charge in [-0.05, 0) is 54.8 Å². The smallest absolute Gasteiger partial charge is 0.255 e. The fraction of sp³-hybridized carbons (Fsp3) is 0.176. The van der Waals surface area contributed by atoms with Crippen LogP contribution in [0.25, 0.3) is 0 Å². The quantitative estimate of drug-likeness (QED) is 0.888. The molecule has 22 heavy (non-hydrogen) atoms. The first-order valence-corrected chi connectivity index (χ1v) is 7.33. The van der Waals surface area contributed by atoms with E-state index in [0.29, 0.717) is 22.7 Å². The van der Waals surface area contributed by atoms with Gasteiger partial charge in [0.1, 0.15) is 0 Å². The van der Waals surface area contributed by atoms with Crippen LogP contribution in [0.4, 0.5) is 11.4 Å². The van der Waals surface area contributed by atoms with E-state index in [0.717, 1.165) is 22.4 Å². The molecule has 0 aromatic heterocycles. The molecule has 0 radical (unpaired) electrons. The van der Waals surface area contributed by atoms with Crippen LogP contribution in [0.5, 0.6) is 0 Å². The first-order chi connectivity index (χ1) is 10.4. The molecule has 3 rings (SSSR count). The molecule has 0 saturated carbocycles. The predicted octanol–water partition coefficient (Wildman–Crippen LogP) is 3.70. The third-order valence-electron chi connectivity index (χ3n) is 3.66. The van der Waals surface area contributed by atoms with Gasteiger partial charge in [-0.25, -0.2) is 0 Å². The van der Waals surface area contributed by atoms with Gasteiger partial charge in [-0.2, -0.15) is 0 Å². The number of nitrogens with one attached hydrogen (secondary N) is 2. The van der Waals surface area contributed by atoms with Crippen LogP contribution in [-0.2, 0) is 11.2 Å². The van der Waals surface area contributed by atoms with Crippen molar-refractivity contribution in [2.24, 2.45) is 0 Å². The Hall–Kier alpha value is -2.33. The minimum absolute atomic E-state index is 0.0509. The number of carbonyl (C=O) groups excluding carboxylic acids is 2. The van der Waals surface area contributed by atoms with E-state index in [1.807, 2.05) is 26.0 Å². The maximum Gasteiger partial charge on any atom is 0.255 e. The number of amides is 2. The maximum atomic E-state index is 12.4. The average Bonchev–Trinajstić information content (AvgIpc) is 2.81. The number of halogens is 1. The van der Waals surface area contributed by atoms with Crippen molar-refractivity contribution in [1.29, 1.82) is 0 Å². The molecule has 0 atom stereocenters. The fourth-order valence-electron chi connectivity index (χ4n) is 2.63. The summed E-state index contributed by atoms with van der Waals surface area (Å²) in [5.74, 6) is -0.291. The molecule has 0 bridgehead atoms. The van der Waals surface area contributed by atoms with Crippen LogP contribution in [0, 0.1) is 13.8 Å². The van der Waals surface area contributed by atoms with Crippen LogP contribution in [0.3, 0.4) is 0 Å². The van der Waals surface area contributed by atoms with Crippen LogP contribution in [0.1, 0.15) is 27.0 Å². The van der Waals surface area contributed by atoms with Crippen LogP contribution in [0.2, 0.25) is 5.02 Å². The second-order valence-corrected chi connectivity index (χ2v) is 5.90. The van der Waals surface area contributed by atoms with Gasteiger partial charge in [-0.3, -0.25) is 9.59 Å². The second-order valence-electron chi connectivity index (χ2n) is 5.49. The molecule has 0 unspecified atom stereocenters. The van der Waals surface area contributed by atoms with Gasteiger partial charge in [-0.1, -0.05) is 17.7 Å². The Morgan fingerprint density at radius 2 is 2.00 bits per heavy atom. The van der Waals surface area contributed by atoms with Gasteiger partial charge < -0.3 is 10.6 Å². The van der Waals surface area contributed by atoms with E-state index < -0.39 is 0 Å². The molecule has 0 aliphatic carbocycles. The molecule has 2 N–H and O–H groups in total. The molecule has 0 spiro atoms. The monoisotopic (exact) mass is 314 g/mol. The number of anilines is 2. The second kappa shape index (κ2) is 5.46. The molecule has 2 aromatic carbocycles. The van der Waals surface area contributed by atoms with E-state index in [4.69, 9.17) is 11.6 Å². The maximum absolute atomic E-state index is 12.4. The molecular formula is C17H15ClN2O2. The lowest BCUT2D eigenvalue weighted by Gasteiger charge is -2.12. The topological polar surface area (TPSA) is 58.2 Å². The normalized spacial score (nSPS) is 12.8. The third kappa shape index (κ3) is 2.70. The summed E-state index contributed by atoms with van der Waals surface area (Å²) in [6.07, 6.45) is 0.306. The van der Waals surface area contributed by atoms with Crippen LogP contribution < -0.4 is 10.6 Å². The number of rotatable bonds is 2. The number of fused-ring (bicyclic) bond motifs is 1. The zero-order valence-corrected chi connectivity index (χ0v) is 13.0. The first-order valence-electron chi connectivity index (χ1n) is 6.95. The molecule has 112 valence electrons. The molecule has 5 heteroatoms. The van der Waals surface area contributed by atoms with Crippen molar-refractivity contribution in [3.8, 4) is 0 Å².